The van der Waals surface area contributed by atoms with Crippen molar-refractivity contribution in [2.75, 3.05) is 26.9 Å². The van der Waals surface area contributed by atoms with E-state index in [2.05, 4.69) is 10.1 Å². The molecular formula is C9H16F3NO3. The van der Waals surface area contributed by atoms with Crippen LogP contribution in [0.2, 0.25) is 0 Å². The van der Waals surface area contributed by atoms with E-state index >= 15 is 0 Å². The van der Waals surface area contributed by atoms with Gasteiger partial charge in [0, 0.05) is 0 Å². The van der Waals surface area contributed by atoms with Gasteiger partial charge in [-0.25, -0.2) is 0 Å². The number of alkyl halides is 3. The van der Waals surface area contributed by atoms with Gasteiger partial charge in [-0.15, -0.1) is 0 Å². The molecule has 0 aliphatic carbocycles. The molecular weight excluding hydrogens is 227 g/mol. The predicted molar refractivity (Wildman–Crippen MR) is 51.0 cm³/mol. The minimum atomic E-state index is -4.24. The fourth-order valence-corrected chi connectivity index (χ4v) is 0.901. The van der Waals surface area contributed by atoms with Crippen LogP contribution in [0.5, 0.6) is 0 Å². The minimum Gasteiger partial charge on any atom is -0.465 e. The number of nitrogens with one attached hydrogen (secondary N) is 1. The summed E-state index contributed by atoms with van der Waals surface area (Å²) in [7, 11) is 1.51. The maximum Gasteiger partial charge on any atom is 0.391 e. The fourth-order valence-electron chi connectivity index (χ4n) is 0.901. The van der Waals surface area contributed by atoms with Crippen molar-refractivity contribution in [3.63, 3.8) is 0 Å². The van der Waals surface area contributed by atoms with Crippen LogP contribution in [0.15, 0.2) is 0 Å². The van der Waals surface area contributed by atoms with Gasteiger partial charge in [-0.05, 0) is 14.0 Å². The summed E-state index contributed by atoms with van der Waals surface area (Å²) < 4.78 is 44.7. The molecule has 96 valence electrons. The van der Waals surface area contributed by atoms with E-state index in [0.717, 1.165) is 0 Å². The Hall–Kier alpha value is -0.820. The molecule has 4 nitrogen and oxygen atoms in total. The Morgan fingerprint density at radius 3 is 2.50 bits per heavy atom. The zero-order valence-corrected chi connectivity index (χ0v) is 9.26. The van der Waals surface area contributed by atoms with E-state index in [4.69, 9.17) is 4.74 Å². The van der Waals surface area contributed by atoms with Crippen LogP contribution >= 0.6 is 0 Å². The predicted octanol–water partition coefficient (Wildman–Crippen LogP) is 1.11. The number of carbonyl (C=O) groups excluding carboxylic acids is 1. The number of hydrogen-bond acceptors (Lipinski definition) is 4. The first-order valence-electron chi connectivity index (χ1n) is 4.89. The van der Waals surface area contributed by atoms with Crippen LogP contribution < -0.4 is 5.32 Å². The first kappa shape index (κ1) is 15.2. The highest BCUT2D eigenvalue weighted by Crippen LogP contribution is 2.18. The van der Waals surface area contributed by atoms with Crippen molar-refractivity contribution >= 4 is 5.97 Å². The van der Waals surface area contributed by atoms with E-state index in [1.165, 1.54) is 7.05 Å². The lowest BCUT2D eigenvalue weighted by Gasteiger charge is -2.15. The third-order valence-corrected chi connectivity index (χ3v) is 1.73. The first-order chi connectivity index (χ1) is 7.40. The lowest BCUT2D eigenvalue weighted by molar-refractivity contribution is -0.151. The number of esters is 1. The summed E-state index contributed by atoms with van der Waals surface area (Å²) in [6.07, 6.45) is -5.26. The van der Waals surface area contributed by atoms with Crippen molar-refractivity contribution in [2.24, 2.45) is 0 Å². The Balaban J connectivity index is 3.75. The van der Waals surface area contributed by atoms with Crippen LogP contribution in [0, 0.1) is 0 Å². The third-order valence-electron chi connectivity index (χ3n) is 1.73. The maximum absolute atomic E-state index is 11.8. The summed E-state index contributed by atoms with van der Waals surface area (Å²) in [6, 6.07) is -0.729. The van der Waals surface area contributed by atoms with Crippen molar-refractivity contribution < 1.29 is 27.4 Å². The van der Waals surface area contributed by atoms with Crippen molar-refractivity contribution in [3.8, 4) is 0 Å². The van der Waals surface area contributed by atoms with Gasteiger partial charge < -0.3 is 14.8 Å². The molecule has 0 aromatic carbocycles. The van der Waals surface area contributed by atoms with Gasteiger partial charge in [-0.3, -0.25) is 4.79 Å². The van der Waals surface area contributed by atoms with Crippen molar-refractivity contribution in [1.82, 2.24) is 5.32 Å². The van der Waals surface area contributed by atoms with Crippen LogP contribution in [0.1, 0.15) is 13.3 Å². The standard InChI is InChI=1S/C9H16F3NO3/c1-3-16-8(14)7(13-2)6-15-5-4-9(10,11)12/h7,13H,3-6H2,1-2H3. The molecule has 0 saturated heterocycles. The third kappa shape index (κ3) is 7.47. The summed E-state index contributed by atoms with van der Waals surface area (Å²) in [4.78, 5) is 11.2. The Labute approximate surface area is 92.1 Å². The molecule has 0 heterocycles. The van der Waals surface area contributed by atoms with Gasteiger partial charge in [0.15, 0.2) is 0 Å². The van der Waals surface area contributed by atoms with Crippen molar-refractivity contribution in [1.29, 1.82) is 0 Å². The zero-order chi connectivity index (χ0) is 12.6. The lowest BCUT2D eigenvalue weighted by atomic mass is 10.3. The van der Waals surface area contributed by atoms with Crippen LogP contribution in [0.4, 0.5) is 13.2 Å². The van der Waals surface area contributed by atoms with E-state index < -0.39 is 31.2 Å². The summed E-state index contributed by atoms with van der Waals surface area (Å²) in [5.74, 6) is -0.531. The molecule has 0 aromatic rings. The number of rotatable bonds is 7. The summed E-state index contributed by atoms with van der Waals surface area (Å²) >= 11 is 0. The van der Waals surface area contributed by atoms with E-state index in [1.807, 2.05) is 0 Å². The Bertz CT molecular complexity index is 209. The molecule has 0 bridgehead atoms. The molecule has 0 radical (unpaired) electrons. The fraction of sp³-hybridized carbons (Fsp3) is 0.889. The second-order valence-electron chi connectivity index (χ2n) is 3.03. The molecule has 0 aromatic heterocycles. The molecule has 0 amide bonds. The Morgan fingerprint density at radius 2 is 2.06 bits per heavy atom. The molecule has 1 unspecified atom stereocenters. The Morgan fingerprint density at radius 1 is 1.44 bits per heavy atom. The van der Waals surface area contributed by atoms with Gasteiger partial charge in [-0.1, -0.05) is 0 Å². The largest absolute Gasteiger partial charge is 0.465 e. The molecule has 0 saturated carbocycles. The molecule has 0 spiro atoms. The van der Waals surface area contributed by atoms with Gasteiger partial charge >= 0.3 is 12.1 Å². The lowest BCUT2D eigenvalue weighted by Crippen LogP contribution is -2.39. The van der Waals surface area contributed by atoms with Crippen molar-refractivity contribution in [3.05, 3.63) is 0 Å². The summed E-state index contributed by atoms with van der Waals surface area (Å²) in [5, 5.41) is 2.60. The van der Waals surface area contributed by atoms with Crippen LogP contribution in [-0.4, -0.2) is 45.1 Å². The van der Waals surface area contributed by atoms with Crippen molar-refractivity contribution in [2.45, 2.75) is 25.6 Å². The monoisotopic (exact) mass is 243 g/mol. The average molecular weight is 243 g/mol. The number of carbonyl (C=O) groups is 1. The number of halogens is 3. The molecule has 7 heteroatoms. The first-order valence-corrected chi connectivity index (χ1v) is 4.89. The van der Waals surface area contributed by atoms with E-state index in [9.17, 15) is 18.0 Å². The SMILES string of the molecule is CCOC(=O)C(COCCC(F)(F)F)NC. The highest BCUT2D eigenvalue weighted by atomic mass is 19.4. The topological polar surface area (TPSA) is 47.6 Å². The van der Waals surface area contributed by atoms with Crippen LogP contribution in [0.3, 0.4) is 0 Å². The van der Waals surface area contributed by atoms with Gasteiger partial charge in [0.1, 0.15) is 6.04 Å². The molecule has 0 fully saturated rings. The zero-order valence-electron chi connectivity index (χ0n) is 9.26. The second-order valence-corrected chi connectivity index (χ2v) is 3.03. The smallest absolute Gasteiger partial charge is 0.391 e. The summed E-state index contributed by atoms with van der Waals surface area (Å²) in [6.45, 7) is 1.28. The summed E-state index contributed by atoms with van der Waals surface area (Å²) in [5.41, 5.74) is 0. The van der Waals surface area contributed by atoms with E-state index in [1.54, 1.807) is 6.92 Å². The van der Waals surface area contributed by atoms with Gasteiger partial charge in [-0.2, -0.15) is 13.2 Å². The normalized spacial score (nSPS) is 13.6. The molecule has 16 heavy (non-hydrogen) atoms. The second kappa shape index (κ2) is 7.45. The molecule has 1 N–H and O–H groups in total. The minimum absolute atomic E-state index is 0.134. The number of ether oxygens (including phenoxy) is 2. The molecule has 0 aliphatic heterocycles. The highest BCUT2D eigenvalue weighted by Gasteiger charge is 2.27. The number of likely N-dealkylation sites (N-methyl/N-ethyl adjacent to an activating group) is 1. The van der Waals surface area contributed by atoms with E-state index in [-0.39, 0.29) is 13.2 Å². The number of hydrogen-bond donors (Lipinski definition) is 1. The van der Waals surface area contributed by atoms with E-state index in [0.29, 0.717) is 0 Å². The highest BCUT2D eigenvalue weighted by molar-refractivity contribution is 5.75. The van der Waals surface area contributed by atoms with Crippen LogP contribution in [0.25, 0.3) is 0 Å². The van der Waals surface area contributed by atoms with Crippen LogP contribution in [-0.2, 0) is 14.3 Å². The Kier molecular flexibility index (Phi) is 7.07. The quantitative estimate of drug-likeness (QED) is 0.537. The van der Waals surface area contributed by atoms with Gasteiger partial charge in [0.05, 0.1) is 26.2 Å². The average Bonchev–Trinajstić information content (AvgIpc) is 2.16. The van der Waals surface area contributed by atoms with Gasteiger partial charge in [0.2, 0.25) is 0 Å². The van der Waals surface area contributed by atoms with Gasteiger partial charge in [0.25, 0.3) is 0 Å². The molecule has 0 aliphatic rings. The molecule has 0 rings (SSSR count). The molecule has 1 atom stereocenters. The maximum atomic E-state index is 11.8.